The number of rotatable bonds is 8. The fourth-order valence-corrected chi connectivity index (χ4v) is 3.81. The predicted octanol–water partition coefficient (Wildman–Crippen LogP) is 5.08. The van der Waals surface area contributed by atoms with Gasteiger partial charge in [-0.25, -0.2) is 4.68 Å². The summed E-state index contributed by atoms with van der Waals surface area (Å²) in [6.07, 6.45) is 5.29. The first kappa shape index (κ1) is 24.0. The van der Waals surface area contributed by atoms with E-state index in [2.05, 4.69) is 38.6 Å². The molecule has 0 bridgehead atoms. The molecular weight excluding hydrogens is 445 g/mol. The normalized spacial score (nSPS) is 13.7. The molecule has 0 spiro atoms. The number of ether oxygens (including phenoxy) is 1. The predicted molar refractivity (Wildman–Crippen MR) is 138 cm³/mol. The zero-order valence-corrected chi connectivity index (χ0v) is 21.4. The van der Waals surface area contributed by atoms with Crippen molar-refractivity contribution in [2.75, 3.05) is 0 Å². The molecule has 7 nitrogen and oxygen atoms in total. The molecule has 178 valence electrons. The molecule has 0 saturated heterocycles. The highest BCUT2D eigenvalue weighted by Crippen LogP contribution is 2.29. The highest BCUT2D eigenvalue weighted by molar-refractivity contribution is 7.20. The van der Waals surface area contributed by atoms with Crippen LogP contribution in [0.15, 0.2) is 67.1 Å². The number of nitrogens with zero attached hydrogens (tertiary/aromatic N) is 4. The van der Waals surface area contributed by atoms with E-state index in [9.17, 15) is 4.79 Å². The summed E-state index contributed by atoms with van der Waals surface area (Å²) in [6, 6.07) is 15.9. The molecular formula is C26H32N5O2P. The fraction of sp³-hybridized carbons (Fsp3) is 0.346. The second-order valence-corrected chi connectivity index (χ2v) is 10.9. The Bertz CT molecular complexity index is 1270. The summed E-state index contributed by atoms with van der Waals surface area (Å²) < 4.78 is 10.3. The lowest BCUT2D eigenvalue weighted by atomic mass is 10.0. The summed E-state index contributed by atoms with van der Waals surface area (Å²) >= 11 is 0. The topological polar surface area (TPSA) is 74.0 Å². The molecule has 1 amide bonds. The lowest BCUT2D eigenvalue weighted by molar-refractivity contribution is -0.124. The molecule has 0 aliphatic rings. The Morgan fingerprint density at radius 3 is 2.44 bits per heavy atom. The van der Waals surface area contributed by atoms with Crippen molar-refractivity contribution in [3.8, 4) is 11.4 Å². The first-order chi connectivity index (χ1) is 16.1. The summed E-state index contributed by atoms with van der Waals surface area (Å²) in [7, 11) is 2.59. The third kappa shape index (κ3) is 5.15. The molecule has 2 aromatic carbocycles. The molecule has 0 radical (unpaired) electrons. The van der Waals surface area contributed by atoms with Gasteiger partial charge in [0, 0.05) is 11.4 Å². The zero-order chi connectivity index (χ0) is 24.5. The molecule has 0 saturated carbocycles. The van der Waals surface area contributed by atoms with Crippen LogP contribution in [0.25, 0.3) is 16.6 Å². The van der Waals surface area contributed by atoms with Crippen LogP contribution in [0.3, 0.4) is 0 Å². The van der Waals surface area contributed by atoms with Crippen molar-refractivity contribution in [2.24, 2.45) is 0 Å². The van der Waals surface area contributed by atoms with Crippen molar-refractivity contribution in [1.29, 1.82) is 0 Å². The molecule has 1 unspecified atom stereocenters. The zero-order valence-electron chi connectivity index (χ0n) is 20.3. The monoisotopic (exact) mass is 477 g/mol. The van der Waals surface area contributed by atoms with Crippen molar-refractivity contribution in [3.05, 3.63) is 72.7 Å². The van der Waals surface area contributed by atoms with E-state index in [4.69, 9.17) is 4.74 Å². The molecule has 34 heavy (non-hydrogen) atoms. The van der Waals surface area contributed by atoms with Crippen molar-refractivity contribution in [2.45, 2.75) is 58.0 Å². The summed E-state index contributed by atoms with van der Waals surface area (Å²) in [5.74, 6) is 0.665. The van der Waals surface area contributed by atoms with E-state index in [1.165, 1.54) is 0 Å². The van der Waals surface area contributed by atoms with E-state index < -0.39 is 5.16 Å². The number of benzene rings is 2. The van der Waals surface area contributed by atoms with Gasteiger partial charge in [0.05, 0.1) is 35.3 Å². The molecule has 2 aromatic heterocycles. The highest BCUT2D eigenvalue weighted by Gasteiger charge is 2.28. The molecule has 4 rings (SSSR count). The summed E-state index contributed by atoms with van der Waals surface area (Å²) in [5.41, 5.74) is 2.88. The van der Waals surface area contributed by atoms with E-state index in [0.717, 1.165) is 22.2 Å². The number of aromatic nitrogens is 4. The Hall–Kier alpha value is -3.18. The van der Waals surface area contributed by atoms with Crippen molar-refractivity contribution in [3.63, 3.8) is 0 Å². The van der Waals surface area contributed by atoms with Gasteiger partial charge in [0.15, 0.2) is 0 Å². The van der Waals surface area contributed by atoms with Crippen LogP contribution in [0, 0.1) is 0 Å². The Morgan fingerprint density at radius 2 is 1.79 bits per heavy atom. The summed E-state index contributed by atoms with van der Waals surface area (Å²) in [6.45, 7) is 9.89. The van der Waals surface area contributed by atoms with Crippen LogP contribution in [-0.2, 0) is 4.79 Å². The number of carbonyl (C=O) groups excluding carboxylic acids is 1. The number of amides is 1. The van der Waals surface area contributed by atoms with Gasteiger partial charge in [-0.2, -0.15) is 10.2 Å². The van der Waals surface area contributed by atoms with E-state index in [0.29, 0.717) is 5.75 Å². The first-order valence-corrected chi connectivity index (χ1v) is 12.0. The number of hydrogen-bond acceptors (Lipinski definition) is 4. The third-order valence-corrected chi connectivity index (χ3v) is 5.95. The molecule has 1 N–H and O–H groups in total. The third-order valence-electron chi connectivity index (χ3n) is 5.69. The summed E-state index contributed by atoms with van der Waals surface area (Å²) in [4.78, 5) is 12.6. The van der Waals surface area contributed by atoms with E-state index in [-0.39, 0.29) is 24.1 Å². The standard InChI is InChI=1S/C26H32N5O2P/c1-17(2)30-16-21(15-27-30)31-23-12-11-22(13-20(23)14-28-31)33-24(19-9-7-6-8-10-19)18(3)29-25(32)26(4,5)34/h6-18,24H,34H2,1-5H3,(H,29,32)/t18-,24-/m0/s1. The van der Waals surface area contributed by atoms with Gasteiger partial charge in [0.1, 0.15) is 17.5 Å². The minimum atomic E-state index is -0.563. The van der Waals surface area contributed by atoms with E-state index in [1.807, 2.05) is 97.3 Å². The Balaban J connectivity index is 1.61. The highest BCUT2D eigenvalue weighted by atomic mass is 31.0. The maximum Gasteiger partial charge on any atom is 0.229 e. The second kappa shape index (κ2) is 9.59. The van der Waals surface area contributed by atoms with Gasteiger partial charge in [0.2, 0.25) is 5.91 Å². The Kier molecular flexibility index (Phi) is 6.76. The van der Waals surface area contributed by atoms with Gasteiger partial charge in [0.25, 0.3) is 0 Å². The Morgan fingerprint density at radius 1 is 1.06 bits per heavy atom. The quantitative estimate of drug-likeness (QED) is 0.359. The molecule has 8 heteroatoms. The molecule has 0 aliphatic heterocycles. The fourth-order valence-electron chi connectivity index (χ4n) is 3.73. The van der Waals surface area contributed by atoms with Crippen molar-refractivity contribution in [1.82, 2.24) is 24.9 Å². The second-order valence-electron chi connectivity index (χ2n) is 9.48. The molecule has 0 aliphatic carbocycles. The van der Waals surface area contributed by atoms with Crippen molar-refractivity contribution >= 4 is 26.0 Å². The molecule has 4 aromatic rings. The minimum absolute atomic E-state index is 0.0480. The lowest BCUT2D eigenvalue weighted by Gasteiger charge is -2.29. The van der Waals surface area contributed by atoms with Crippen molar-refractivity contribution < 1.29 is 9.53 Å². The maximum atomic E-state index is 12.6. The number of nitrogens with one attached hydrogen (secondary N) is 1. The average Bonchev–Trinajstić information content (AvgIpc) is 3.44. The number of carbonyl (C=O) groups is 1. The van der Waals surface area contributed by atoms with Crippen LogP contribution in [-0.4, -0.2) is 36.7 Å². The minimum Gasteiger partial charge on any atom is -0.484 e. The van der Waals surface area contributed by atoms with Gasteiger partial charge in [-0.15, -0.1) is 9.24 Å². The first-order valence-electron chi connectivity index (χ1n) is 11.5. The van der Waals surface area contributed by atoms with Crippen LogP contribution in [0.1, 0.15) is 52.3 Å². The molecule has 0 fully saturated rings. The maximum absolute atomic E-state index is 12.6. The van der Waals surface area contributed by atoms with Crippen LogP contribution >= 0.6 is 9.24 Å². The SMILES string of the molecule is CC(C)n1cc(-n2ncc3cc(O[C@H](c4ccccc4)[C@H](C)NC(=O)C(C)(C)P)ccc32)cn1. The number of fused-ring (bicyclic) bond motifs is 1. The van der Waals surface area contributed by atoms with Crippen LogP contribution in [0.2, 0.25) is 0 Å². The largest absolute Gasteiger partial charge is 0.484 e. The van der Waals surface area contributed by atoms with Gasteiger partial charge in [-0.3, -0.25) is 9.48 Å². The van der Waals surface area contributed by atoms with Crippen LogP contribution < -0.4 is 10.1 Å². The van der Waals surface area contributed by atoms with Gasteiger partial charge in [-0.1, -0.05) is 30.3 Å². The van der Waals surface area contributed by atoms with Crippen LogP contribution in [0.5, 0.6) is 5.75 Å². The van der Waals surface area contributed by atoms with Crippen LogP contribution in [0.4, 0.5) is 0 Å². The average molecular weight is 478 g/mol. The number of hydrogen-bond donors (Lipinski definition) is 1. The Labute approximate surface area is 202 Å². The molecule has 3 atom stereocenters. The van der Waals surface area contributed by atoms with Gasteiger partial charge in [-0.05, 0) is 58.4 Å². The van der Waals surface area contributed by atoms with Gasteiger partial charge < -0.3 is 10.1 Å². The van der Waals surface area contributed by atoms with E-state index >= 15 is 0 Å². The lowest BCUT2D eigenvalue weighted by Crippen LogP contribution is -2.45. The molecule has 2 heterocycles. The van der Waals surface area contributed by atoms with E-state index in [1.54, 1.807) is 0 Å². The van der Waals surface area contributed by atoms with Gasteiger partial charge >= 0.3 is 0 Å². The smallest absolute Gasteiger partial charge is 0.229 e. The summed E-state index contributed by atoms with van der Waals surface area (Å²) in [5, 5.41) is 12.5.